The molecule has 23 nitrogen and oxygen atoms in total. The number of hydrogen-bond donors (Lipinski definition) is 15. The van der Waals surface area contributed by atoms with Crippen molar-refractivity contribution in [3.05, 3.63) is 0 Å². The van der Waals surface area contributed by atoms with Crippen LogP contribution in [0.2, 0.25) is 0 Å². The van der Waals surface area contributed by atoms with E-state index in [2.05, 4.69) is 0 Å². The molecule has 0 aromatic carbocycles. The quantitative estimate of drug-likeness (QED) is 0.0345. The molecule has 72 heavy (non-hydrogen) atoms. The first-order valence-corrected chi connectivity index (χ1v) is 27.1. The number of hydrogen-bond acceptors (Lipinski definition) is 24. The van der Waals surface area contributed by atoms with Crippen molar-refractivity contribution in [3.8, 4) is 0 Å². The van der Waals surface area contributed by atoms with Crippen LogP contribution in [0.3, 0.4) is 0 Å². The van der Waals surface area contributed by atoms with Crippen LogP contribution in [-0.2, 0) is 37.9 Å². The Kier molecular flexibility index (Phi) is 25.9. The molecular weight excluding hydrogens is 975 g/mol. The molecule has 5 aliphatic rings. The van der Waals surface area contributed by atoms with Gasteiger partial charge in [0.25, 0.3) is 0 Å². The molecule has 1 saturated carbocycles. The summed E-state index contributed by atoms with van der Waals surface area (Å²) in [6.07, 6.45) is -23.9. The molecule has 4 heterocycles. The van der Waals surface area contributed by atoms with E-state index in [1.54, 1.807) is 0 Å². The average molecular weight is 1060 g/mol. The van der Waals surface area contributed by atoms with Crippen molar-refractivity contribution < 1.29 is 109 Å². The normalized spacial score (nSPS) is 44.2. The summed E-state index contributed by atoms with van der Waals surface area (Å²) in [5.74, 6) is -0.863. The molecule has 24 heteroatoms. The zero-order chi connectivity index (χ0) is 53.0. The van der Waals surface area contributed by atoms with Gasteiger partial charge in [0.05, 0.1) is 101 Å². The molecule has 4 saturated heterocycles. The van der Waals surface area contributed by atoms with E-state index in [9.17, 15) is 71.5 Å². The second-order valence-corrected chi connectivity index (χ2v) is 22.5. The highest BCUT2D eigenvalue weighted by molar-refractivity contribution is 7.99. The molecule has 424 valence electrons. The monoisotopic (exact) mass is 1060 g/mol. The lowest BCUT2D eigenvalue weighted by molar-refractivity contribution is -0.301. The Balaban J connectivity index is 1.11. The standard InChI is InChI=1S/C48H89NO22S/c1-22(2)5-6-28-40(56)45(61)43(59)34(69-28)20-64-10-7-30-41(57)46(62)47(63)48(71-30)67-11-8-29-39(55)37(53)26(31(68-29)13-23(3)4)17-66-19-33-27(38(54)42(58)32(15-50)70-33)18-65-16-24-14-25(21-72-12-9-49)36(52)44(60)35(24)51/h22-48,50-63H,5-21,49H2,1-4H3. The first-order valence-electron chi connectivity index (χ1n) is 25.9. The highest BCUT2D eigenvalue weighted by Crippen LogP contribution is 2.36. The van der Waals surface area contributed by atoms with Crippen LogP contribution < -0.4 is 5.73 Å². The average Bonchev–Trinajstić information content (AvgIpc) is 3.34. The van der Waals surface area contributed by atoms with Crippen molar-refractivity contribution in [1.29, 1.82) is 0 Å². The molecule has 0 bridgehead atoms. The van der Waals surface area contributed by atoms with Crippen LogP contribution in [0.5, 0.6) is 0 Å². The predicted octanol–water partition coefficient (Wildman–Crippen LogP) is -4.41. The summed E-state index contributed by atoms with van der Waals surface area (Å²) in [6, 6.07) is 0. The van der Waals surface area contributed by atoms with E-state index in [1.165, 1.54) is 11.8 Å². The van der Waals surface area contributed by atoms with Gasteiger partial charge in [0.2, 0.25) is 0 Å². The maximum absolute atomic E-state index is 11.5. The summed E-state index contributed by atoms with van der Waals surface area (Å²) >= 11 is 1.54. The van der Waals surface area contributed by atoms with Gasteiger partial charge in [-0.05, 0) is 62.0 Å². The summed E-state index contributed by atoms with van der Waals surface area (Å²) < 4.78 is 47.7. The number of aliphatic hydroxyl groups is 14. The first-order chi connectivity index (χ1) is 34.2. The molecule has 0 amide bonds. The summed E-state index contributed by atoms with van der Waals surface area (Å²) in [4.78, 5) is 0. The van der Waals surface area contributed by atoms with Crippen molar-refractivity contribution in [1.82, 2.24) is 0 Å². The Hall–Kier alpha value is -0.570. The zero-order valence-electron chi connectivity index (χ0n) is 42.1. The van der Waals surface area contributed by atoms with Gasteiger partial charge in [0, 0.05) is 36.7 Å². The van der Waals surface area contributed by atoms with Crippen LogP contribution in [0.1, 0.15) is 66.2 Å². The highest BCUT2D eigenvalue weighted by Gasteiger charge is 2.49. The van der Waals surface area contributed by atoms with E-state index < -0.39 is 153 Å². The number of thioether (sulfide) groups is 1. The lowest BCUT2D eigenvalue weighted by Crippen LogP contribution is -2.59. The van der Waals surface area contributed by atoms with E-state index in [-0.39, 0.29) is 70.9 Å². The predicted molar refractivity (Wildman–Crippen MR) is 256 cm³/mol. The first kappa shape index (κ1) is 62.3. The minimum Gasteiger partial charge on any atom is -0.394 e. The Morgan fingerprint density at radius 1 is 0.472 bits per heavy atom. The van der Waals surface area contributed by atoms with Crippen LogP contribution in [-0.4, -0.2) is 271 Å². The van der Waals surface area contributed by atoms with Gasteiger partial charge < -0.3 is 115 Å². The van der Waals surface area contributed by atoms with Crippen LogP contribution in [0.15, 0.2) is 0 Å². The molecule has 1 aliphatic carbocycles. The van der Waals surface area contributed by atoms with Gasteiger partial charge in [-0.25, -0.2) is 0 Å². The fourth-order valence-electron chi connectivity index (χ4n) is 10.5. The number of ether oxygens (including phenoxy) is 8. The molecule has 0 aromatic rings. The fourth-order valence-corrected chi connectivity index (χ4v) is 11.5. The summed E-state index contributed by atoms with van der Waals surface area (Å²) in [5.41, 5.74) is 5.61. The third-order valence-electron chi connectivity index (χ3n) is 15.0. The summed E-state index contributed by atoms with van der Waals surface area (Å²) in [6.45, 7) is 6.97. The van der Waals surface area contributed by atoms with Gasteiger partial charge in [-0.1, -0.05) is 27.7 Å². The summed E-state index contributed by atoms with van der Waals surface area (Å²) in [5, 5.41) is 150. The minimum atomic E-state index is -1.65. The smallest absolute Gasteiger partial charge is 0.186 e. The van der Waals surface area contributed by atoms with Crippen molar-refractivity contribution in [3.63, 3.8) is 0 Å². The molecule has 0 radical (unpaired) electrons. The number of aliphatic hydroxyl groups excluding tert-OH is 14. The van der Waals surface area contributed by atoms with Crippen molar-refractivity contribution in [2.75, 3.05) is 70.9 Å². The van der Waals surface area contributed by atoms with Crippen LogP contribution in [0, 0.1) is 35.5 Å². The Labute approximate surface area is 426 Å². The third-order valence-corrected chi connectivity index (χ3v) is 16.2. The van der Waals surface area contributed by atoms with Gasteiger partial charge in [-0.3, -0.25) is 0 Å². The molecule has 4 aliphatic heterocycles. The fraction of sp³-hybridized carbons (Fsp3) is 1.00. The highest BCUT2D eigenvalue weighted by atomic mass is 32.2. The maximum Gasteiger partial charge on any atom is 0.186 e. The van der Waals surface area contributed by atoms with E-state index in [0.717, 1.165) is 6.42 Å². The van der Waals surface area contributed by atoms with Crippen molar-refractivity contribution in [2.24, 2.45) is 41.2 Å². The summed E-state index contributed by atoms with van der Waals surface area (Å²) in [7, 11) is 0. The maximum atomic E-state index is 11.5. The minimum absolute atomic E-state index is 0.0213. The van der Waals surface area contributed by atoms with Crippen molar-refractivity contribution in [2.45, 2.75) is 195 Å². The van der Waals surface area contributed by atoms with Gasteiger partial charge in [0.1, 0.15) is 67.1 Å². The van der Waals surface area contributed by atoms with E-state index in [1.807, 2.05) is 27.7 Å². The molecule has 0 aromatic heterocycles. The molecule has 0 spiro atoms. The van der Waals surface area contributed by atoms with Crippen LogP contribution >= 0.6 is 11.8 Å². The lowest BCUT2D eigenvalue weighted by atomic mass is 9.77. The Morgan fingerprint density at radius 2 is 0.972 bits per heavy atom. The molecule has 25 unspecified atom stereocenters. The van der Waals surface area contributed by atoms with Gasteiger partial charge in [-0.2, -0.15) is 11.8 Å². The molecule has 16 N–H and O–H groups in total. The largest absolute Gasteiger partial charge is 0.394 e. The van der Waals surface area contributed by atoms with Crippen molar-refractivity contribution >= 4 is 11.8 Å². The number of nitrogens with two attached hydrogens (primary N) is 1. The SMILES string of the molecule is CC(C)CCC1OC(COCCC2OC(OCCC3OC(CC(C)C)C(COCC4OC(CO)C(O)C(O)C4COCC4CC(CSCCN)C(O)C(O)C4O)C(O)C3O)C(O)C(O)C2O)C(O)C(O)C1O. The Bertz CT molecular complexity index is 1520. The molecular formula is C48H89NO22S. The molecule has 5 fully saturated rings. The molecule has 5 rings (SSSR count). The zero-order valence-corrected chi connectivity index (χ0v) is 42.9. The lowest BCUT2D eigenvalue weighted by Gasteiger charge is -2.45. The van der Waals surface area contributed by atoms with E-state index in [4.69, 9.17) is 43.6 Å². The topological polar surface area (TPSA) is 383 Å². The van der Waals surface area contributed by atoms with Gasteiger partial charge in [0.15, 0.2) is 6.29 Å². The third kappa shape index (κ3) is 16.5. The van der Waals surface area contributed by atoms with Crippen LogP contribution in [0.4, 0.5) is 0 Å². The second kappa shape index (κ2) is 30.0. The van der Waals surface area contributed by atoms with E-state index in [0.29, 0.717) is 43.2 Å². The number of rotatable bonds is 27. The van der Waals surface area contributed by atoms with E-state index >= 15 is 0 Å². The molecule has 25 atom stereocenters. The van der Waals surface area contributed by atoms with Crippen LogP contribution in [0.25, 0.3) is 0 Å². The van der Waals surface area contributed by atoms with Gasteiger partial charge >= 0.3 is 0 Å². The second-order valence-electron chi connectivity index (χ2n) is 21.4. The Morgan fingerprint density at radius 3 is 1.61 bits per heavy atom. The van der Waals surface area contributed by atoms with Gasteiger partial charge in [-0.15, -0.1) is 0 Å².